The second kappa shape index (κ2) is 10.6. The zero-order chi connectivity index (χ0) is 31.1. The highest BCUT2D eigenvalue weighted by atomic mass is 28.4. The van der Waals surface area contributed by atoms with Gasteiger partial charge in [0.25, 0.3) is 0 Å². The molecule has 4 aliphatic carbocycles. The Hall–Kier alpha value is -1.30. The van der Waals surface area contributed by atoms with Gasteiger partial charge in [0.1, 0.15) is 5.60 Å². The molecule has 0 unspecified atom stereocenters. The van der Waals surface area contributed by atoms with E-state index in [2.05, 4.69) is 89.5 Å². The molecule has 3 saturated carbocycles. The SMILES string of the molecule is CN(C)c1ccc([C@@H]2CC3(C[C@]4(O[Si](C)(C)C)CC[C@@H]5C(=C24)CC[C@@]2(C)[C@H]5CC[C@@]2(C=O)O[Si](C)(C)C)OCCO3)cc1. The molecular formula is C35H55NO5Si2. The molecular weight excluding hydrogens is 571 g/mol. The Morgan fingerprint density at radius 2 is 1.56 bits per heavy atom. The van der Waals surface area contributed by atoms with Crippen LogP contribution in [0.25, 0.3) is 0 Å². The van der Waals surface area contributed by atoms with Crippen LogP contribution in [0, 0.1) is 17.3 Å². The summed E-state index contributed by atoms with van der Waals surface area (Å²) in [7, 11) is 0.317. The van der Waals surface area contributed by atoms with Crippen LogP contribution in [0.4, 0.5) is 5.69 Å². The summed E-state index contributed by atoms with van der Waals surface area (Å²) in [5.74, 6) is 0.483. The Balaban J connectivity index is 1.49. The maximum Gasteiger partial charge on any atom is 0.185 e. The lowest BCUT2D eigenvalue weighted by Gasteiger charge is -2.59. The highest BCUT2D eigenvalue weighted by Crippen LogP contribution is 2.67. The number of aldehydes is 1. The van der Waals surface area contributed by atoms with Crippen molar-refractivity contribution >= 4 is 28.6 Å². The van der Waals surface area contributed by atoms with Gasteiger partial charge in [0.05, 0.1) is 18.8 Å². The molecule has 0 aromatic heterocycles. The molecule has 6 atom stereocenters. The van der Waals surface area contributed by atoms with Gasteiger partial charge in [-0.15, -0.1) is 0 Å². The van der Waals surface area contributed by atoms with Crippen LogP contribution in [0.15, 0.2) is 35.4 Å². The lowest BCUT2D eigenvalue weighted by molar-refractivity contribution is -0.208. The van der Waals surface area contributed by atoms with E-state index in [4.69, 9.17) is 18.3 Å². The van der Waals surface area contributed by atoms with Crippen molar-refractivity contribution in [2.24, 2.45) is 17.3 Å². The third-order valence-electron chi connectivity index (χ3n) is 11.4. The van der Waals surface area contributed by atoms with E-state index in [1.165, 1.54) is 23.1 Å². The molecule has 238 valence electrons. The van der Waals surface area contributed by atoms with Gasteiger partial charge < -0.3 is 28.0 Å². The van der Waals surface area contributed by atoms with E-state index in [-0.39, 0.29) is 16.9 Å². The molecule has 1 spiro atoms. The Bertz CT molecular complexity index is 1260. The van der Waals surface area contributed by atoms with Gasteiger partial charge in [-0.3, -0.25) is 0 Å². The molecule has 4 fully saturated rings. The summed E-state index contributed by atoms with van der Waals surface area (Å²) in [6.45, 7) is 17.3. The standard InChI is InChI=1S/C35H55NO5Si2/c1-32-17-14-28-27(30(32)16-19-34(32,24-37)41-43(7,8)9)15-18-33(40-42(4,5)6)23-35(38-20-21-39-35)22-29(31(28)33)25-10-12-26(13-11-25)36(2)3/h10-13,24,27,29-30H,14-23H2,1-9H3/t27-,29+,30+,32+,33-,34+/m1/s1. The molecule has 1 aromatic rings. The van der Waals surface area contributed by atoms with Crippen molar-refractivity contribution in [3.8, 4) is 0 Å². The zero-order valence-electron chi connectivity index (χ0n) is 28.2. The third kappa shape index (κ3) is 5.36. The largest absolute Gasteiger partial charge is 0.408 e. The molecule has 5 aliphatic rings. The van der Waals surface area contributed by atoms with Crippen molar-refractivity contribution < 1.29 is 23.1 Å². The van der Waals surface area contributed by atoms with Crippen molar-refractivity contribution in [3.63, 3.8) is 0 Å². The van der Waals surface area contributed by atoms with Gasteiger partial charge in [-0.25, -0.2) is 0 Å². The molecule has 8 heteroatoms. The number of fused-ring (bicyclic) bond motifs is 4. The van der Waals surface area contributed by atoms with Crippen LogP contribution < -0.4 is 4.90 Å². The van der Waals surface area contributed by atoms with Crippen molar-refractivity contribution in [2.75, 3.05) is 32.2 Å². The number of rotatable bonds is 7. The average molecular weight is 626 g/mol. The summed E-state index contributed by atoms with van der Waals surface area (Å²) < 4.78 is 27.3. The number of allylic oxidation sites excluding steroid dienone is 1. The van der Waals surface area contributed by atoms with E-state index in [1.807, 2.05) is 0 Å². The molecule has 1 heterocycles. The van der Waals surface area contributed by atoms with E-state index < -0.39 is 28.0 Å². The smallest absolute Gasteiger partial charge is 0.185 e. The number of carbonyl (C=O) groups is 1. The van der Waals surface area contributed by atoms with Gasteiger partial charge in [-0.05, 0) is 113 Å². The predicted molar refractivity (Wildman–Crippen MR) is 178 cm³/mol. The van der Waals surface area contributed by atoms with Gasteiger partial charge in [-0.1, -0.05) is 24.6 Å². The van der Waals surface area contributed by atoms with Gasteiger partial charge in [0.2, 0.25) is 0 Å². The summed E-state index contributed by atoms with van der Waals surface area (Å²) in [4.78, 5) is 15.1. The molecule has 6 nitrogen and oxygen atoms in total. The van der Waals surface area contributed by atoms with Crippen molar-refractivity contribution in [1.29, 1.82) is 0 Å². The summed E-state index contributed by atoms with van der Waals surface area (Å²) in [5.41, 5.74) is 4.51. The first-order chi connectivity index (χ1) is 20.1. The van der Waals surface area contributed by atoms with Crippen molar-refractivity contribution in [3.05, 3.63) is 41.0 Å². The molecule has 0 amide bonds. The fourth-order valence-corrected chi connectivity index (χ4v) is 12.9. The van der Waals surface area contributed by atoms with Crippen LogP contribution in [0.2, 0.25) is 39.3 Å². The van der Waals surface area contributed by atoms with Gasteiger partial charge >= 0.3 is 0 Å². The molecule has 6 rings (SSSR count). The maximum atomic E-state index is 13.0. The third-order valence-corrected chi connectivity index (χ3v) is 13.4. The summed E-state index contributed by atoms with van der Waals surface area (Å²) in [5, 5.41) is 0. The number of anilines is 1. The highest BCUT2D eigenvalue weighted by molar-refractivity contribution is 6.70. The number of hydrogen-bond donors (Lipinski definition) is 0. The second-order valence-corrected chi connectivity index (χ2v) is 25.5. The molecule has 1 aromatic carbocycles. The Labute approximate surface area is 262 Å². The molecule has 0 radical (unpaired) electrons. The first-order valence-corrected chi connectivity index (χ1v) is 23.5. The average Bonchev–Trinajstić information content (AvgIpc) is 3.47. The number of benzene rings is 1. The number of carbonyl (C=O) groups excluding carboxylic acids is 1. The van der Waals surface area contributed by atoms with E-state index in [0.29, 0.717) is 25.0 Å². The van der Waals surface area contributed by atoms with Crippen LogP contribution in [-0.4, -0.2) is 67.2 Å². The van der Waals surface area contributed by atoms with Crippen LogP contribution in [0.3, 0.4) is 0 Å². The van der Waals surface area contributed by atoms with E-state index >= 15 is 0 Å². The van der Waals surface area contributed by atoms with Crippen LogP contribution in [-0.2, 0) is 23.1 Å². The molecule has 0 N–H and O–H groups in total. The lowest BCUT2D eigenvalue weighted by Crippen LogP contribution is -2.60. The predicted octanol–water partition coefficient (Wildman–Crippen LogP) is 7.67. The monoisotopic (exact) mass is 625 g/mol. The quantitative estimate of drug-likeness (QED) is 0.176. The summed E-state index contributed by atoms with van der Waals surface area (Å²) in [6.07, 6.45) is 8.79. The van der Waals surface area contributed by atoms with Crippen LogP contribution >= 0.6 is 0 Å². The zero-order valence-corrected chi connectivity index (χ0v) is 30.2. The van der Waals surface area contributed by atoms with Gasteiger partial charge in [-0.2, -0.15) is 0 Å². The van der Waals surface area contributed by atoms with Crippen LogP contribution in [0.1, 0.15) is 69.8 Å². The molecule has 0 bridgehead atoms. The Kier molecular flexibility index (Phi) is 7.83. The Morgan fingerprint density at radius 3 is 2.14 bits per heavy atom. The molecule has 43 heavy (non-hydrogen) atoms. The highest BCUT2D eigenvalue weighted by Gasteiger charge is 2.66. The first kappa shape index (κ1) is 31.7. The topological polar surface area (TPSA) is 57.2 Å². The van der Waals surface area contributed by atoms with Crippen molar-refractivity contribution in [2.45, 2.75) is 120 Å². The van der Waals surface area contributed by atoms with E-state index in [1.54, 1.807) is 5.57 Å². The summed E-state index contributed by atoms with van der Waals surface area (Å²) in [6, 6.07) is 9.15. The molecule has 1 saturated heterocycles. The summed E-state index contributed by atoms with van der Waals surface area (Å²) >= 11 is 0. The van der Waals surface area contributed by atoms with Crippen molar-refractivity contribution in [1.82, 2.24) is 0 Å². The lowest BCUT2D eigenvalue weighted by atomic mass is 9.51. The number of hydrogen-bond acceptors (Lipinski definition) is 6. The van der Waals surface area contributed by atoms with Gasteiger partial charge in [0.15, 0.2) is 28.7 Å². The van der Waals surface area contributed by atoms with Gasteiger partial charge in [0, 0.05) is 44.0 Å². The Morgan fingerprint density at radius 1 is 0.907 bits per heavy atom. The van der Waals surface area contributed by atoms with Crippen LogP contribution in [0.5, 0.6) is 0 Å². The first-order valence-electron chi connectivity index (χ1n) is 16.7. The minimum atomic E-state index is -1.95. The molecule has 1 aliphatic heterocycles. The second-order valence-electron chi connectivity index (χ2n) is 16.6. The normalized spacial score (nSPS) is 37.2. The minimum Gasteiger partial charge on any atom is -0.408 e. The van der Waals surface area contributed by atoms with E-state index in [9.17, 15) is 4.79 Å². The maximum absolute atomic E-state index is 13.0. The minimum absolute atomic E-state index is 0.139. The van der Waals surface area contributed by atoms with E-state index in [0.717, 1.165) is 51.4 Å². The number of ether oxygens (including phenoxy) is 2. The fourth-order valence-electron chi connectivity index (χ4n) is 9.99. The number of nitrogens with zero attached hydrogens (tertiary/aromatic N) is 1. The fraction of sp³-hybridized carbons (Fsp3) is 0.743.